The van der Waals surface area contributed by atoms with E-state index >= 15 is 0 Å². The molecule has 1 aromatic heterocycles. The van der Waals surface area contributed by atoms with Crippen molar-refractivity contribution in [3.05, 3.63) is 65.2 Å². The second-order valence-electron chi connectivity index (χ2n) is 6.28. The SMILES string of the molecule is O=C(CSc1nnc(NC(=O)c2ccccc2C(F)(F)F)s1)Nc1ccc(C(F)(F)F)cc1. The minimum atomic E-state index is -4.71. The Morgan fingerprint density at radius 2 is 1.55 bits per heavy atom. The molecule has 0 saturated carbocycles. The monoisotopic (exact) mass is 506 g/mol. The van der Waals surface area contributed by atoms with E-state index in [2.05, 4.69) is 20.8 Å². The number of benzene rings is 2. The third kappa shape index (κ3) is 6.68. The maximum absolute atomic E-state index is 13.1. The summed E-state index contributed by atoms with van der Waals surface area (Å²) in [6, 6.07) is 8.16. The summed E-state index contributed by atoms with van der Waals surface area (Å²) in [5, 5.41) is 12.0. The molecule has 0 spiro atoms. The largest absolute Gasteiger partial charge is 0.417 e. The van der Waals surface area contributed by atoms with Crippen LogP contribution in [0.25, 0.3) is 0 Å². The standard InChI is InChI=1S/C19H12F6N4O2S2/c20-18(21,22)10-5-7-11(8-6-10)26-14(30)9-32-17-29-28-16(33-17)27-15(31)12-3-1-2-4-13(12)19(23,24)25/h1-8H,9H2,(H,26,30)(H,27,28,31). The van der Waals surface area contributed by atoms with E-state index in [4.69, 9.17) is 0 Å². The first-order chi connectivity index (χ1) is 15.4. The number of amides is 2. The average molecular weight is 506 g/mol. The molecule has 0 aliphatic rings. The van der Waals surface area contributed by atoms with Crippen molar-refractivity contribution in [2.75, 3.05) is 16.4 Å². The molecule has 2 amide bonds. The van der Waals surface area contributed by atoms with Gasteiger partial charge in [0, 0.05) is 5.69 Å². The molecule has 2 aromatic carbocycles. The van der Waals surface area contributed by atoms with Crippen LogP contribution in [0, 0.1) is 0 Å². The Kier molecular flexibility index (Phi) is 7.27. The molecule has 2 N–H and O–H groups in total. The zero-order valence-corrected chi connectivity index (χ0v) is 17.8. The lowest BCUT2D eigenvalue weighted by molar-refractivity contribution is -0.138. The fourth-order valence-electron chi connectivity index (χ4n) is 2.48. The summed E-state index contributed by atoms with van der Waals surface area (Å²) in [6.07, 6.45) is -9.20. The highest BCUT2D eigenvalue weighted by Gasteiger charge is 2.35. The van der Waals surface area contributed by atoms with Gasteiger partial charge in [-0.15, -0.1) is 10.2 Å². The number of halogens is 6. The number of nitrogens with one attached hydrogen (secondary N) is 2. The van der Waals surface area contributed by atoms with E-state index in [-0.39, 0.29) is 20.9 Å². The molecule has 0 radical (unpaired) electrons. The quantitative estimate of drug-likeness (QED) is 0.260. The summed E-state index contributed by atoms with van der Waals surface area (Å²) in [7, 11) is 0. The first-order valence-electron chi connectivity index (χ1n) is 8.84. The van der Waals surface area contributed by atoms with E-state index in [1.54, 1.807) is 0 Å². The highest BCUT2D eigenvalue weighted by atomic mass is 32.2. The molecule has 0 saturated heterocycles. The maximum atomic E-state index is 13.1. The fraction of sp³-hybridized carbons (Fsp3) is 0.158. The van der Waals surface area contributed by atoms with Gasteiger partial charge in [0.05, 0.1) is 22.4 Å². The highest BCUT2D eigenvalue weighted by Crippen LogP contribution is 2.33. The van der Waals surface area contributed by atoms with Crippen LogP contribution < -0.4 is 10.6 Å². The van der Waals surface area contributed by atoms with Crippen LogP contribution in [-0.2, 0) is 17.1 Å². The second-order valence-corrected chi connectivity index (χ2v) is 8.48. The number of thioether (sulfide) groups is 1. The van der Waals surface area contributed by atoms with Gasteiger partial charge in [0.15, 0.2) is 4.34 Å². The smallest absolute Gasteiger partial charge is 0.325 e. The van der Waals surface area contributed by atoms with Gasteiger partial charge in [-0.2, -0.15) is 26.3 Å². The van der Waals surface area contributed by atoms with Crippen LogP contribution in [0.5, 0.6) is 0 Å². The minimum absolute atomic E-state index is 0.0670. The van der Waals surface area contributed by atoms with E-state index in [9.17, 15) is 35.9 Å². The van der Waals surface area contributed by atoms with Crippen molar-refractivity contribution in [3.63, 3.8) is 0 Å². The predicted molar refractivity (Wildman–Crippen MR) is 110 cm³/mol. The molecule has 174 valence electrons. The number of hydrogen-bond acceptors (Lipinski definition) is 6. The Balaban J connectivity index is 1.55. The molecule has 0 aliphatic heterocycles. The molecule has 1 heterocycles. The topological polar surface area (TPSA) is 84.0 Å². The third-order valence-corrected chi connectivity index (χ3v) is 5.90. The van der Waals surface area contributed by atoms with Gasteiger partial charge in [-0.3, -0.25) is 14.9 Å². The normalized spacial score (nSPS) is 11.8. The van der Waals surface area contributed by atoms with Crippen LogP contribution in [-0.4, -0.2) is 27.8 Å². The van der Waals surface area contributed by atoms with Crippen molar-refractivity contribution in [2.24, 2.45) is 0 Å². The molecule has 6 nitrogen and oxygen atoms in total. The molecule has 0 fully saturated rings. The van der Waals surface area contributed by atoms with Crippen LogP contribution in [0.3, 0.4) is 0 Å². The van der Waals surface area contributed by atoms with Crippen molar-refractivity contribution < 1.29 is 35.9 Å². The van der Waals surface area contributed by atoms with E-state index in [1.807, 2.05) is 0 Å². The first kappa shape index (κ1) is 24.5. The molecular weight excluding hydrogens is 494 g/mol. The highest BCUT2D eigenvalue weighted by molar-refractivity contribution is 8.01. The Morgan fingerprint density at radius 1 is 0.879 bits per heavy atom. The summed E-state index contributed by atoms with van der Waals surface area (Å²) in [5.41, 5.74) is -2.36. The number of anilines is 2. The molecular formula is C19H12F6N4O2S2. The van der Waals surface area contributed by atoms with Crippen LogP contribution in [0.2, 0.25) is 0 Å². The fourth-order valence-corrected chi connectivity index (χ4v) is 4.03. The van der Waals surface area contributed by atoms with Crippen molar-refractivity contribution in [2.45, 2.75) is 16.7 Å². The maximum Gasteiger partial charge on any atom is 0.417 e. The van der Waals surface area contributed by atoms with Crippen molar-refractivity contribution >= 4 is 45.7 Å². The van der Waals surface area contributed by atoms with Gasteiger partial charge in [0.1, 0.15) is 0 Å². The lowest BCUT2D eigenvalue weighted by Gasteiger charge is -2.11. The second kappa shape index (κ2) is 9.79. The lowest BCUT2D eigenvalue weighted by atomic mass is 10.1. The Labute approximate surface area is 190 Å². The number of carbonyl (C=O) groups excluding carboxylic acids is 2. The van der Waals surface area contributed by atoms with Gasteiger partial charge < -0.3 is 5.32 Å². The van der Waals surface area contributed by atoms with Gasteiger partial charge in [-0.05, 0) is 36.4 Å². The van der Waals surface area contributed by atoms with Crippen molar-refractivity contribution in [3.8, 4) is 0 Å². The third-order valence-electron chi connectivity index (χ3n) is 3.93. The van der Waals surface area contributed by atoms with Gasteiger partial charge in [-0.1, -0.05) is 35.2 Å². The van der Waals surface area contributed by atoms with Crippen molar-refractivity contribution in [1.82, 2.24) is 10.2 Å². The average Bonchev–Trinajstić information content (AvgIpc) is 3.18. The van der Waals surface area contributed by atoms with E-state index in [0.29, 0.717) is 0 Å². The van der Waals surface area contributed by atoms with E-state index < -0.39 is 40.9 Å². The van der Waals surface area contributed by atoms with Crippen LogP contribution in [0.4, 0.5) is 37.2 Å². The number of nitrogens with zero attached hydrogens (tertiary/aromatic N) is 2. The number of hydrogen-bond donors (Lipinski definition) is 2. The Hall–Kier alpha value is -3.13. The summed E-state index contributed by atoms with van der Waals surface area (Å²) in [5.74, 6) is -1.71. The zero-order valence-electron chi connectivity index (χ0n) is 16.1. The molecule has 33 heavy (non-hydrogen) atoms. The van der Waals surface area contributed by atoms with Crippen LogP contribution in [0.15, 0.2) is 52.9 Å². The van der Waals surface area contributed by atoms with Crippen LogP contribution in [0.1, 0.15) is 21.5 Å². The zero-order chi connectivity index (χ0) is 24.2. The van der Waals surface area contributed by atoms with Crippen molar-refractivity contribution in [1.29, 1.82) is 0 Å². The summed E-state index contributed by atoms with van der Waals surface area (Å²) in [4.78, 5) is 24.2. The minimum Gasteiger partial charge on any atom is -0.325 e. The molecule has 0 unspecified atom stereocenters. The van der Waals surface area contributed by atoms with Gasteiger partial charge in [0.25, 0.3) is 5.91 Å². The molecule has 0 aliphatic carbocycles. The number of aromatic nitrogens is 2. The van der Waals surface area contributed by atoms with Gasteiger partial charge in [-0.25, -0.2) is 0 Å². The van der Waals surface area contributed by atoms with Crippen LogP contribution >= 0.6 is 23.1 Å². The lowest BCUT2D eigenvalue weighted by Crippen LogP contribution is -2.18. The molecule has 0 bridgehead atoms. The summed E-state index contributed by atoms with van der Waals surface area (Å²) in [6.45, 7) is 0. The molecule has 0 atom stereocenters. The Bertz CT molecular complexity index is 1150. The van der Waals surface area contributed by atoms with Gasteiger partial charge in [0.2, 0.25) is 11.0 Å². The summed E-state index contributed by atoms with van der Waals surface area (Å²) < 4.78 is 77.1. The summed E-state index contributed by atoms with van der Waals surface area (Å²) >= 11 is 1.77. The molecule has 3 aromatic rings. The number of alkyl halides is 6. The Morgan fingerprint density at radius 3 is 2.18 bits per heavy atom. The van der Waals surface area contributed by atoms with E-state index in [0.717, 1.165) is 65.6 Å². The first-order valence-corrected chi connectivity index (χ1v) is 10.6. The number of carbonyl (C=O) groups is 2. The number of rotatable bonds is 6. The van der Waals surface area contributed by atoms with Gasteiger partial charge >= 0.3 is 12.4 Å². The molecule has 14 heteroatoms. The molecule has 3 rings (SSSR count). The van der Waals surface area contributed by atoms with E-state index in [1.165, 1.54) is 6.07 Å². The predicted octanol–water partition coefficient (Wildman–Crippen LogP) is 5.56.